The van der Waals surface area contributed by atoms with Crippen LogP contribution in [0, 0.1) is 0 Å². The lowest BCUT2D eigenvalue weighted by molar-refractivity contribution is -0.146. The zero-order valence-corrected chi connectivity index (χ0v) is 10.7. The molecule has 2 N–H and O–H groups in total. The minimum atomic E-state index is -0.427. The van der Waals surface area contributed by atoms with Gasteiger partial charge in [-0.1, -0.05) is 0 Å². The van der Waals surface area contributed by atoms with Gasteiger partial charge < -0.3 is 15.5 Å². The summed E-state index contributed by atoms with van der Waals surface area (Å²) >= 11 is 1.91. The molecule has 0 aromatic rings. The molecule has 2 fully saturated rings. The normalized spacial score (nSPS) is 22.2. The van der Waals surface area contributed by atoms with Crippen LogP contribution in [0.25, 0.3) is 0 Å². The maximum Gasteiger partial charge on any atom is 0.311 e. The van der Waals surface area contributed by atoms with Crippen molar-refractivity contribution in [3.05, 3.63) is 0 Å². The third kappa shape index (κ3) is 3.61. The van der Waals surface area contributed by atoms with Crippen LogP contribution in [0.5, 0.6) is 0 Å². The Morgan fingerprint density at radius 2 is 1.82 bits per heavy atom. The zero-order valence-electron chi connectivity index (χ0n) is 9.91. The van der Waals surface area contributed by atoms with E-state index >= 15 is 0 Å². The summed E-state index contributed by atoms with van der Waals surface area (Å²) in [5, 5.41) is 6.01. The van der Waals surface area contributed by atoms with Crippen LogP contribution in [0.1, 0.15) is 12.8 Å². The van der Waals surface area contributed by atoms with E-state index in [1.807, 2.05) is 11.8 Å². The van der Waals surface area contributed by atoms with Gasteiger partial charge in [0.15, 0.2) is 0 Å². The fourth-order valence-corrected chi connectivity index (χ4v) is 3.21. The van der Waals surface area contributed by atoms with E-state index in [4.69, 9.17) is 0 Å². The summed E-state index contributed by atoms with van der Waals surface area (Å²) in [6, 6.07) is 0.190. The quantitative estimate of drug-likeness (QED) is 0.618. The molecule has 2 rings (SSSR count). The average molecular weight is 257 g/mol. The van der Waals surface area contributed by atoms with Crippen molar-refractivity contribution in [2.24, 2.45) is 0 Å². The van der Waals surface area contributed by atoms with Crippen molar-refractivity contribution in [3.63, 3.8) is 0 Å². The topological polar surface area (TPSA) is 61.4 Å². The Hall–Kier alpha value is -0.750. The molecular weight excluding hydrogens is 238 g/mol. The van der Waals surface area contributed by atoms with Gasteiger partial charge in [0.25, 0.3) is 0 Å². The Bertz CT molecular complexity index is 286. The molecule has 0 atom stereocenters. The van der Waals surface area contributed by atoms with Gasteiger partial charge in [-0.2, -0.15) is 11.8 Å². The van der Waals surface area contributed by atoms with Gasteiger partial charge >= 0.3 is 11.8 Å². The number of nitrogens with one attached hydrogen (secondary N) is 2. The Morgan fingerprint density at radius 3 is 2.47 bits per heavy atom. The van der Waals surface area contributed by atoms with Crippen LogP contribution >= 0.6 is 11.8 Å². The van der Waals surface area contributed by atoms with Crippen molar-refractivity contribution in [2.75, 3.05) is 37.7 Å². The zero-order chi connectivity index (χ0) is 12.1. The van der Waals surface area contributed by atoms with E-state index in [9.17, 15) is 9.59 Å². The number of hydrogen-bond donors (Lipinski definition) is 2. The molecule has 2 saturated heterocycles. The number of hydrogen-bond acceptors (Lipinski definition) is 4. The van der Waals surface area contributed by atoms with Crippen molar-refractivity contribution in [1.29, 1.82) is 0 Å². The monoisotopic (exact) mass is 257 g/mol. The predicted molar refractivity (Wildman–Crippen MR) is 67.9 cm³/mol. The highest BCUT2D eigenvalue weighted by Gasteiger charge is 2.25. The highest BCUT2D eigenvalue weighted by molar-refractivity contribution is 7.99. The molecule has 0 aromatic carbocycles. The summed E-state index contributed by atoms with van der Waals surface area (Å²) in [7, 11) is 0. The molecule has 2 heterocycles. The molecule has 2 amide bonds. The number of amides is 2. The Balaban J connectivity index is 1.79. The minimum Gasteiger partial charge on any atom is -0.345 e. The van der Waals surface area contributed by atoms with E-state index in [-0.39, 0.29) is 11.9 Å². The maximum absolute atomic E-state index is 11.9. The summed E-state index contributed by atoms with van der Waals surface area (Å²) in [5.41, 5.74) is 0. The largest absolute Gasteiger partial charge is 0.345 e. The summed E-state index contributed by atoms with van der Waals surface area (Å²) in [5.74, 6) is 1.35. The fraction of sp³-hybridized carbons (Fsp3) is 0.818. The smallest absolute Gasteiger partial charge is 0.311 e. The van der Waals surface area contributed by atoms with Crippen LogP contribution in [0.2, 0.25) is 0 Å². The molecule has 0 saturated carbocycles. The van der Waals surface area contributed by atoms with Crippen molar-refractivity contribution in [1.82, 2.24) is 15.5 Å². The van der Waals surface area contributed by atoms with E-state index in [1.54, 1.807) is 4.90 Å². The first-order valence-electron chi connectivity index (χ1n) is 6.15. The summed E-state index contributed by atoms with van der Waals surface area (Å²) in [6.45, 7) is 2.82. The number of rotatable bonds is 1. The lowest BCUT2D eigenvalue weighted by Gasteiger charge is -2.28. The van der Waals surface area contributed by atoms with Crippen molar-refractivity contribution < 1.29 is 9.59 Å². The van der Waals surface area contributed by atoms with Gasteiger partial charge in [0, 0.05) is 32.2 Å². The van der Waals surface area contributed by atoms with Crippen LogP contribution in [0.15, 0.2) is 0 Å². The number of carbonyl (C=O) groups is 2. The van der Waals surface area contributed by atoms with Gasteiger partial charge in [-0.3, -0.25) is 9.59 Å². The standard InChI is InChI=1S/C11H19N3O2S/c15-10(13-9-1-7-17-8-2-9)11(16)14-5-3-12-4-6-14/h9,12H,1-8H2,(H,13,15). The van der Waals surface area contributed by atoms with E-state index in [1.165, 1.54) is 0 Å². The van der Waals surface area contributed by atoms with Gasteiger partial charge in [0.1, 0.15) is 0 Å². The fourth-order valence-electron chi connectivity index (χ4n) is 2.10. The first-order valence-corrected chi connectivity index (χ1v) is 7.31. The predicted octanol–water partition coefficient (Wildman–Crippen LogP) is -0.570. The van der Waals surface area contributed by atoms with E-state index in [0.29, 0.717) is 13.1 Å². The lowest BCUT2D eigenvalue weighted by Crippen LogP contribution is -2.53. The third-order valence-electron chi connectivity index (χ3n) is 3.15. The minimum absolute atomic E-state index is 0.190. The highest BCUT2D eigenvalue weighted by atomic mass is 32.2. The molecule has 0 radical (unpaired) electrons. The molecule has 2 aliphatic rings. The molecule has 96 valence electrons. The second-order valence-corrected chi connectivity index (χ2v) is 5.63. The second kappa shape index (κ2) is 6.26. The summed E-state index contributed by atoms with van der Waals surface area (Å²) < 4.78 is 0. The van der Waals surface area contributed by atoms with Crippen molar-refractivity contribution in [3.8, 4) is 0 Å². The first-order chi connectivity index (χ1) is 8.27. The van der Waals surface area contributed by atoms with Gasteiger partial charge in [-0.15, -0.1) is 0 Å². The molecular formula is C11H19N3O2S. The second-order valence-electron chi connectivity index (χ2n) is 4.40. The van der Waals surface area contributed by atoms with Crippen LogP contribution in [-0.4, -0.2) is 60.4 Å². The highest BCUT2D eigenvalue weighted by Crippen LogP contribution is 2.16. The number of thioether (sulfide) groups is 1. The van der Waals surface area contributed by atoms with Crippen LogP contribution in [0.3, 0.4) is 0 Å². The first kappa shape index (κ1) is 12.7. The Labute approximate surface area is 106 Å². The summed E-state index contributed by atoms with van der Waals surface area (Å²) in [4.78, 5) is 25.3. The molecule has 0 unspecified atom stereocenters. The number of piperazine rings is 1. The SMILES string of the molecule is O=C(NC1CCSCC1)C(=O)N1CCNCC1. The van der Waals surface area contributed by atoms with Crippen molar-refractivity contribution >= 4 is 23.6 Å². The molecule has 0 bridgehead atoms. The van der Waals surface area contributed by atoms with Crippen LogP contribution in [-0.2, 0) is 9.59 Å². The number of carbonyl (C=O) groups excluding carboxylic acids is 2. The van der Waals surface area contributed by atoms with Crippen LogP contribution in [0.4, 0.5) is 0 Å². The molecule has 0 spiro atoms. The maximum atomic E-state index is 11.9. The molecule has 0 aromatic heterocycles. The van der Waals surface area contributed by atoms with E-state index in [0.717, 1.165) is 37.4 Å². The molecule has 5 nitrogen and oxygen atoms in total. The van der Waals surface area contributed by atoms with Gasteiger partial charge in [-0.05, 0) is 24.3 Å². The molecule has 17 heavy (non-hydrogen) atoms. The summed E-state index contributed by atoms with van der Waals surface area (Å²) in [6.07, 6.45) is 1.95. The molecule has 2 aliphatic heterocycles. The Morgan fingerprint density at radius 1 is 1.18 bits per heavy atom. The molecule has 6 heteroatoms. The van der Waals surface area contributed by atoms with Crippen LogP contribution < -0.4 is 10.6 Å². The number of nitrogens with zero attached hydrogens (tertiary/aromatic N) is 1. The average Bonchev–Trinajstić information content (AvgIpc) is 2.40. The lowest BCUT2D eigenvalue weighted by atomic mass is 10.1. The Kier molecular flexibility index (Phi) is 4.67. The van der Waals surface area contributed by atoms with E-state index < -0.39 is 5.91 Å². The van der Waals surface area contributed by atoms with Gasteiger partial charge in [0.05, 0.1) is 0 Å². The third-order valence-corrected chi connectivity index (χ3v) is 4.20. The van der Waals surface area contributed by atoms with E-state index in [2.05, 4.69) is 10.6 Å². The molecule has 0 aliphatic carbocycles. The van der Waals surface area contributed by atoms with Gasteiger partial charge in [0.2, 0.25) is 0 Å². The van der Waals surface area contributed by atoms with Gasteiger partial charge in [-0.25, -0.2) is 0 Å². The van der Waals surface area contributed by atoms with Crippen molar-refractivity contribution in [2.45, 2.75) is 18.9 Å².